The molecule has 4 atom stereocenters. The Balaban J connectivity index is 1.37. The SMILES string of the molecule is O=C(NC1CC2CCC1C2)C1CCCN(S(=O)(=O)Cc2cccc(Cl)c2)C1. The number of amides is 1. The van der Waals surface area contributed by atoms with Gasteiger partial charge in [0, 0.05) is 24.2 Å². The van der Waals surface area contributed by atoms with Gasteiger partial charge in [-0.1, -0.05) is 30.2 Å². The molecule has 27 heavy (non-hydrogen) atoms. The summed E-state index contributed by atoms with van der Waals surface area (Å²) in [6.07, 6.45) is 6.35. The van der Waals surface area contributed by atoms with Crippen LogP contribution < -0.4 is 5.32 Å². The van der Waals surface area contributed by atoms with Crippen molar-refractivity contribution in [3.05, 3.63) is 34.9 Å². The number of hydrogen-bond donors (Lipinski definition) is 1. The second-order valence-electron chi connectivity index (χ2n) is 8.37. The molecule has 1 heterocycles. The summed E-state index contributed by atoms with van der Waals surface area (Å²) in [4.78, 5) is 12.8. The van der Waals surface area contributed by atoms with Crippen molar-refractivity contribution in [1.29, 1.82) is 0 Å². The zero-order chi connectivity index (χ0) is 19.0. The molecule has 1 N–H and O–H groups in total. The smallest absolute Gasteiger partial charge is 0.224 e. The lowest BCUT2D eigenvalue weighted by Gasteiger charge is -2.33. The van der Waals surface area contributed by atoms with Crippen LogP contribution >= 0.6 is 11.6 Å². The van der Waals surface area contributed by atoms with Crippen molar-refractivity contribution in [3.8, 4) is 0 Å². The summed E-state index contributed by atoms with van der Waals surface area (Å²) in [6.45, 7) is 0.774. The van der Waals surface area contributed by atoms with Crippen molar-refractivity contribution < 1.29 is 13.2 Å². The summed E-state index contributed by atoms with van der Waals surface area (Å²) < 4.78 is 27.2. The molecule has 1 amide bonds. The molecule has 1 aliphatic heterocycles. The molecular weight excluding hydrogens is 384 g/mol. The van der Waals surface area contributed by atoms with Crippen LogP contribution in [0.3, 0.4) is 0 Å². The first-order chi connectivity index (χ1) is 12.9. The number of sulfonamides is 1. The standard InChI is InChI=1S/C20H27ClN2O3S/c21-18-5-1-3-15(10-18)13-27(25,26)23-8-2-4-17(12-23)20(24)22-19-11-14-6-7-16(19)9-14/h1,3,5,10,14,16-17,19H,2,4,6-9,11-13H2,(H,22,24). The third-order valence-corrected chi connectivity index (χ3v) is 8.50. The number of nitrogens with zero attached hydrogens (tertiary/aromatic N) is 1. The molecule has 4 rings (SSSR count). The third kappa shape index (κ3) is 4.33. The van der Waals surface area contributed by atoms with E-state index in [-0.39, 0.29) is 24.1 Å². The summed E-state index contributed by atoms with van der Waals surface area (Å²) in [7, 11) is -3.46. The van der Waals surface area contributed by atoms with E-state index in [9.17, 15) is 13.2 Å². The van der Waals surface area contributed by atoms with Crippen molar-refractivity contribution in [2.75, 3.05) is 13.1 Å². The molecule has 4 unspecified atom stereocenters. The number of rotatable bonds is 5. The Hall–Kier alpha value is -1.11. The Labute approximate surface area is 166 Å². The van der Waals surface area contributed by atoms with Crippen molar-refractivity contribution in [3.63, 3.8) is 0 Å². The molecule has 0 spiro atoms. The lowest BCUT2D eigenvalue weighted by atomic mass is 9.93. The van der Waals surface area contributed by atoms with Crippen LogP contribution in [0.25, 0.3) is 0 Å². The first-order valence-corrected chi connectivity index (χ1v) is 11.9. The molecule has 3 fully saturated rings. The van der Waals surface area contributed by atoms with E-state index >= 15 is 0 Å². The predicted molar refractivity (Wildman–Crippen MR) is 106 cm³/mol. The van der Waals surface area contributed by atoms with Crippen molar-refractivity contribution in [2.24, 2.45) is 17.8 Å². The molecule has 1 aromatic rings. The lowest BCUT2D eigenvalue weighted by molar-refractivity contribution is -0.127. The fourth-order valence-corrected chi connectivity index (χ4v) is 6.87. The van der Waals surface area contributed by atoms with Gasteiger partial charge in [-0.2, -0.15) is 0 Å². The highest BCUT2D eigenvalue weighted by molar-refractivity contribution is 7.88. The number of carbonyl (C=O) groups is 1. The average molecular weight is 411 g/mol. The average Bonchev–Trinajstić information content (AvgIpc) is 3.24. The van der Waals surface area contributed by atoms with Gasteiger partial charge < -0.3 is 5.32 Å². The molecule has 5 nitrogen and oxygen atoms in total. The Kier molecular flexibility index (Phi) is 5.50. The van der Waals surface area contributed by atoms with Crippen LogP contribution in [0.2, 0.25) is 5.02 Å². The summed E-state index contributed by atoms with van der Waals surface area (Å²) in [6, 6.07) is 7.24. The van der Waals surface area contributed by atoms with Gasteiger partial charge in [-0.25, -0.2) is 12.7 Å². The maximum atomic E-state index is 12.8. The third-order valence-electron chi connectivity index (χ3n) is 6.45. The highest BCUT2D eigenvalue weighted by Crippen LogP contribution is 2.44. The van der Waals surface area contributed by atoms with Crippen LogP contribution in [-0.4, -0.2) is 37.8 Å². The van der Waals surface area contributed by atoms with Crippen LogP contribution in [0, 0.1) is 17.8 Å². The van der Waals surface area contributed by atoms with E-state index in [1.807, 2.05) is 0 Å². The monoisotopic (exact) mass is 410 g/mol. The molecule has 0 radical (unpaired) electrons. The Bertz CT molecular complexity index is 813. The summed E-state index contributed by atoms with van der Waals surface area (Å²) in [5, 5.41) is 3.76. The van der Waals surface area contributed by atoms with Crippen LogP contribution in [-0.2, 0) is 20.6 Å². The van der Waals surface area contributed by atoms with Crippen molar-refractivity contribution in [2.45, 2.75) is 50.3 Å². The Morgan fingerprint density at radius 1 is 1.22 bits per heavy atom. The highest BCUT2D eigenvalue weighted by atomic mass is 35.5. The largest absolute Gasteiger partial charge is 0.353 e. The topological polar surface area (TPSA) is 66.5 Å². The first-order valence-electron chi connectivity index (χ1n) is 9.93. The number of benzene rings is 1. The molecule has 1 aromatic carbocycles. The van der Waals surface area contributed by atoms with Gasteiger partial charge >= 0.3 is 0 Å². The number of fused-ring (bicyclic) bond motifs is 2. The van der Waals surface area contributed by atoms with Crippen LogP contribution in [0.4, 0.5) is 0 Å². The number of nitrogens with one attached hydrogen (secondary N) is 1. The van der Waals surface area contributed by atoms with E-state index in [0.717, 1.165) is 25.2 Å². The number of piperidine rings is 1. The molecule has 7 heteroatoms. The van der Waals surface area contributed by atoms with Gasteiger partial charge in [0.15, 0.2) is 0 Å². The molecule has 1 saturated heterocycles. The fourth-order valence-electron chi connectivity index (χ4n) is 5.06. The molecular formula is C20H27ClN2O3S. The van der Waals surface area contributed by atoms with E-state index in [4.69, 9.17) is 11.6 Å². The zero-order valence-electron chi connectivity index (χ0n) is 15.4. The number of carbonyl (C=O) groups excluding carboxylic acids is 1. The van der Waals surface area contributed by atoms with Crippen LogP contribution in [0.5, 0.6) is 0 Å². The Morgan fingerprint density at radius 2 is 2.07 bits per heavy atom. The first kappa shape index (κ1) is 19.2. The van der Waals surface area contributed by atoms with Gasteiger partial charge in [0.2, 0.25) is 15.9 Å². The van der Waals surface area contributed by atoms with E-state index in [0.29, 0.717) is 29.1 Å². The molecule has 2 aliphatic carbocycles. The minimum atomic E-state index is -3.46. The van der Waals surface area contributed by atoms with Gasteiger partial charge in [-0.3, -0.25) is 4.79 Å². The highest BCUT2D eigenvalue weighted by Gasteiger charge is 2.41. The number of hydrogen-bond acceptors (Lipinski definition) is 3. The van der Waals surface area contributed by atoms with Crippen LogP contribution in [0.1, 0.15) is 44.1 Å². The zero-order valence-corrected chi connectivity index (χ0v) is 17.0. The minimum Gasteiger partial charge on any atom is -0.353 e. The molecule has 2 saturated carbocycles. The van der Waals surface area contributed by atoms with E-state index in [2.05, 4.69) is 5.32 Å². The van der Waals surface area contributed by atoms with Gasteiger partial charge in [-0.05, 0) is 61.6 Å². The van der Waals surface area contributed by atoms with Gasteiger partial charge in [0.05, 0.1) is 11.7 Å². The fraction of sp³-hybridized carbons (Fsp3) is 0.650. The molecule has 0 aromatic heterocycles. The van der Waals surface area contributed by atoms with Gasteiger partial charge in [0.1, 0.15) is 0 Å². The summed E-state index contributed by atoms with van der Waals surface area (Å²) in [5.41, 5.74) is 0.677. The predicted octanol–water partition coefficient (Wildman–Crippen LogP) is 3.19. The summed E-state index contributed by atoms with van der Waals surface area (Å²) >= 11 is 5.97. The maximum Gasteiger partial charge on any atom is 0.224 e. The van der Waals surface area contributed by atoms with Gasteiger partial charge in [0.25, 0.3) is 0 Å². The lowest BCUT2D eigenvalue weighted by Crippen LogP contribution is -2.48. The maximum absolute atomic E-state index is 12.8. The summed E-state index contributed by atoms with van der Waals surface area (Å²) in [5.74, 6) is 1.13. The molecule has 148 valence electrons. The molecule has 2 bridgehead atoms. The number of halogens is 1. The Morgan fingerprint density at radius 3 is 2.78 bits per heavy atom. The van der Waals surface area contributed by atoms with E-state index < -0.39 is 10.0 Å². The molecule has 3 aliphatic rings. The second-order valence-corrected chi connectivity index (χ2v) is 10.8. The second kappa shape index (κ2) is 7.72. The van der Waals surface area contributed by atoms with E-state index in [1.54, 1.807) is 24.3 Å². The quantitative estimate of drug-likeness (QED) is 0.810. The normalized spacial score (nSPS) is 31.1. The van der Waals surface area contributed by atoms with E-state index in [1.165, 1.54) is 23.6 Å². The van der Waals surface area contributed by atoms with Crippen molar-refractivity contribution >= 4 is 27.5 Å². The minimum absolute atomic E-state index is 0.0372. The van der Waals surface area contributed by atoms with Gasteiger partial charge in [-0.15, -0.1) is 0 Å². The van der Waals surface area contributed by atoms with Crippen LogP contribution in [0.15, 0.2) is 24.3 Å². The van der Waals surface area contributed by atoms with Crippen molar-refractivity contribution in [1.82, 2.24) is 9.62 Å².